The number of nitrogens with zero attached hydrogens (tertiary/aromatic N) is 5. The fourth-order valence-electron chi connectivity index (χ4n) is 6.40. The van der Waals surface area contributed by atoms with Gasteiger partial charge in [0.15, 0.2) is 5.13 Å². The summed E-state index contributed by atoms with van der Waals surface area (Å²) in [5.74, 6) is -0.0421. The van der Waals surface area contributed by atoms with Crippen molar-refractivity contribution in [3.63, 3.8) is 0 Å². The van der Waals surface area contributed by atoms with Gasteiger partial charge in [0.25, 0.3) is 0 Å². The lowest BCUT2D eigenvalue weighted by Crippen LogP contribution is -2.60. The zero-order valence-corrected chi connectivity index (χ0v) is 26.5. The van der Waals surface area contributed by atoms with Crippen molar-refractivity contribution in [3.05, 3.63) is 82.5 Å². The van der Waals surface area contributed by atoms with E-state index in [9.17, 15) is 21.6 Å². The first-order valence-electron chi connectivity index (χ1n) is 14.2. The van der Waals surface area contributed by atoms with E-state index in [1.807, 2.05) is 45.7 Å². The fraction of sp³-hybridized carbons (Fsp3) is 0.400. The molecular weight excluding hydrogens is 633 g/mol. The van der Waals surface area contributed by atoms with Gasteiger partial charge in [-0.25, -0.2) is 13.4 Å². The van der Waals surface area contributed by atoms with Gasteiger partial charge in [-0.05, 0) is 54.5 Å². The molecule has 0 spiro atoms. The summed E-state index contributed by atoms with van der Waals surface area (Å²) in [7, 11) is -1.55. The summed E-state index contributed by atoms with van der Waals surface area (Å²) >= 11 is 7.43. The maximum Gasteiger partial charge on any atom is 0.391 e. The number of anilines is 1. The smallest absolute Gasteiger partial charge is 0.391 e. The Balaban J connectivity index is 1.42. The van der Waals surface area contributed by atoms with Crippen molar-refractivity contribution in [2.75, 3.05) is 37.8 Å². The quantitative estimate of drug-likeness (QED) is 0.403. The molecule has 14 heteroatoms. The number of aromatic nitrogens is 1. The lowest BCUT2D eigenvalue weighted by molar-refractivity contribution is -0.153. The number of hydrogen-bond acceptors (Lipinski definition) is 8. The van der Waals surface area contributed by atoms with E-state index in [1.165, 1.54) is 21.9 Å². The number of alkyl halides is 3. The molecule has 8 nitrogen and oxygen atoms in total. The predicted molar refractivity (Wildman–Crippen MR) is 169 cm³/mol. The Morgan fingerprint density at radius 1 is 1.23 bits per heavy atom. The summed E-state index contributed by atoms with van der Waals surface area (Å²) < 4.78 is 69.0. The second-order valence-corrected chi connectivity index (χ2v) is 14.6. The van der Waals surface area contributed by atoms with E-state index in [1.54, 1.807) is 37.5 Å². The number of allylic oxidation sites excluding steroid dienone is 2. The highest BCUT2D eigenvalue weighted by Gasteiger charge is 2.59. The first-order valence-corrected chi connectivity index (χ1v) is 17.3. The SMILES string of the molecule is CN(c1nc(-c2ccc(Cl)cc2)cs1)C1N2C=C(C3=CCN(S(C)(=O)=O)CC3)C=CC2=NC1(CC(F)(F)F)C1C=CNCC1. The van der Waals surface area contributed by atoms with Crippen molar-refractivity contribution in [3.8, 4) is 11.3 Å². The zero-order chi connectivity index (χ0) is 31.3. The minimum Gasteiger partial charge on any atom is -0.391 e. The molecule has 0 radical (unpaired) electrons. The second-order valence-electron chi connectivity index (χ2n) is 11.4. The van der Waals surface area contributed by atoms with Gasteiger partial charge >= 0.3 is 6.18 Å². The Morgan fingerprint density at radius 3 is 2.64 bits per heavy atom. The average molecular weight is 665 g/mol. The Bertz CT molecular complexity index is 1680. The van der Waals surface area contributed by atoms with Crippen LogP contribution in [0.15, 0.2) is 82.5 Å². The van der Waals surface area contributed by atoms with Crippen LogP contribution in [0.5, 0.6) is 0 Å². The highest BCUT2D eigenvalue weighted by atomic mass is 35.5. The first-order chi connectivity index (χ1) is 20.8. The zero-order valence-electron chi connectivity index (χ0n) is 24.1. The summed E-state index contributed by atoms with van der Waals surface area (Å²) in [6.45, 7) is 1.12. The molecule has 0 fully saturated rings. The number of thiazole rings is 1. The van der Waals surface area contributed by atoms with E-state index >= 15 is 0 Å². The van der Waals surface area contributed by atoms with Crippen molar-refractivity contribution in [1.29, 1.82) is 0 Å². The molecule has 0 saturated carbocycles. The molecule has 0 amide bonds. The number of fused-ring (bicyclic) bond motifs is 1. The third-order valence-electron chi connectivity index (χ3n) is 8.47. The Kier molecular flexibility index (Phi) is 8.18. The molecule has 0 bridgehead atoms. The number of aliphatic imine (C=N–C) groups is 1. The van der Waals surface area contributed by atoms with Crippen LogP contribution in [0.2, 0.25) is 5.02 Å². The van der Waals surface area contributed by atoms with Crippen LogP contribution in [0.25, 0.3) is 11.3 Å². The van der Waals surface area contributed by atoms with Crippen LogP contribution in [0.3, 0.4) is 0 Å². The van der Waals surface area contributed by atoms with Gasteiger partial charge in [0.05, 0.1) is 18.4 Å². The summed E-state index contributed by atoms with van der Waals surface area (Å²) in [4.78, 5) is 13.4. The molecular formula is C30H32ClF3N6O2S2. The number of nitrogens with one attached hydrogen (secondary N) is 1. The molecule has 4 aliphatic heterocycles. The van der Waals surface area contributed by atoms with E-state index in [-0.39, 0.29) is 6.54 Å². The van der Waals surface area contributed by atoms with Crippen LogP contribution in [0.4, 0.5) is 18.3 Å². The lowest BCUT2D eigenvalue weighted by Gasteiger charge is -2.46. The molecule has 1 N–H and O–H groups in total. The van der Waals surface area contributed by atoms with Gasteiger partial charge in [-0.2, -0.15) is 17.5 Å². The van der Waals surface area contributed by atoms with Crippen molar-refractivity contribution in [1.82, 2.24) is 19.5 Å². The van der Waals surface area contributed by atoms with Crippen LogP contribution in [-0.2, 0) is 10.0 Å². The summed E-state index contributed by atoms with van der Waals surface area (Å²) in [6, 6.07) is 7.27. The molecule has 0 saturated heterocycles. The highest BCUT2D eigenvalue weighted by Crippen LogP contribution is 2.49. The normalized spacial score (nSPS) is 25.7. The molecule has 1 aromatic heterocycles. The molecule has 0 aliphatic carbocycles. The summed E-state index contributed by atoms with van der Waals surface area (Å²) in [6.07, 6.45) is 6.62. The minimum atomic E-state index is -4.48. The van der Waals surface area contributed by atoms with Crippen LogP contribution < -0.4 is 10.2 Å². The van der Waals surface area contributed by atoms with E-state index < -0.39 is 40.2 Å². The standard InChI is InChI=1S/C30H32ClF3N6O2S2/c1-38(28-36-25(18-43-28)21-3-6-24(31)7-4-21)27-29(19-30(32,33)34,23-9-13-35-14-10-23)37-26-8-5-22(17-40(26)27)20-11-15-39(16-12-20)44(2,41)42/h3-9,11,13,17-18,23,27,35H,10,12,14-16,19H2,1-2H3. The van der Waals surface area contributed by atoms with Gasteiger partial charge < -0.3 is 15.1 Å². The molecule has 6 rings (SSSR count). The fourth-order valence-corrected chi connectivity index (χ4v) is 8.12. The largest absolute Gasteiger partial charge is 0.391 e. The second kappa shape index (κ2) is 11.7. The molecule has 234 valence electrons. The molecule has 4 aliphatic rings. The molecule has 1 aromatic carbocycles. The maximum absolute atomic E-state index is 14.5. The number of likely N-dealkylation sites (N-methyl/N-ethyl adjacent to an activating group) is 1. The van der Waals surface area contributed by atoms with Crippen LogP contribution in [-0.4, -0.2) is 79.3 Å². The number of hydrogen-bond donors (Lipinski definition) is 1. The lowest BCUT2D eigenvalue weighted by atomic mass is 9.75. The number of halogens is 4. The van der Waals surface area contributed by atoms with Crippen molar-refractivity contribution >= 4 is 43.9 Å². The van der Waals surface area contributed by atoms with Gasteiger partial charge in [0, 0.05) is 54.8 Å². The van der Waals surface area contributed by atoms with Crippen molar-refractivity contribution in [2.45, 2.75) is 37.1 Å². The van der Waals surface area contributed by atoms with Crippen LogP contribution >= 0.6 is 22.9 Å². The van der Waals surface area contributed by atoms with Gasteiger partial charge in [0.2, 0.25) is 10.0 Å². The average Bonchev–Trinajstić information content (AvgIpc) is 3.60. The third-order valence-corrected chi connectivity index (χ3v) is 10.9. The van der Waals surface area contributed by atoms with Gasteiger partial charge in [-0.1, -0.05) is 35.9 Å². The van der Waals surface area contributed by atoms with E-state index in [0.29, 0.717) is 47.6 Å². The Hall–Kier alpha value is -3.13. The van der Waals surface area contributed by atoms with E-state index in [0.717, 1.165) is 16.7 Å². The first kappa shape index (κ1) is 30.9. The van der Waals surface area contributed by atoms with Gasteiger partial charge in [-0.15, -0.1) is 11.3 Å². The molecule has 3 unspecified atom stereocenters. The van der Waals surface area contributed by atoms with Crippen molar-refractivity contribution < 1.29 is 21.6 Å². The number of amidine groups is 1. The molecule has 2 aromatic rings. The van der Waals surface area contributed by atoms with Crippen LogP contribution in [0.1, 0.15) is 19.3 Å². The predicted octanol–water partition coefficient (Wildman–Crippen LogP) is 5.80. The third kappa shape index (κ3) is 6.07. The molecule has 5 heterocycles. The minimum absolute atomic E-state index is 0.244. The number of rotatable bonds is 7. The van der Waals surface area contributed by atoms with Gasteiger partial charge in [-0.3, -0.25) is 4.99 Å². The molecule has 3 atom stereocenters. The summed E-state index contributed by atoms with van der Waals surface area (Å²) in [5, 5.41) is 6.16. The summed E-state index contributed by atoms with van der Waals surface area (Å²) in [5.41, 5.74) is 1.76. The molecule has 44 heavy (non-hydrogen) atoms. The van der Waals surface area contributed by atoms with Crippen molar-refractivity contribution in [2.24, 2.45) is 10.9 Å². The number of benzene rings is 1. The topological polar surface area (TPSA) is 81.1 Å². The number of sulfonamides is 1. The van der Waals surface area contributed by atoms with E-state index in [4.69, 9.17) is 21.6 Å². The Morgan fingerprint density at radius 2 is 2.00 bits per heavy atom. The Labute approximate surface area is 264 Å². The monoisotopic (exact) mass is 664 g/mol. The van der Waals surface area contributed by atoms with Gasteiger partial charge in [0.1, 0.15) is 17.5 Å². The van der Waals surface area contributed by atoms with E-state index in [2.05, 4.69) is 5.32 Å². The highest BCUT2D eigenvalue weighted by molar-refractivity contribution is 7.88. The maximum atomic E-state index is 14.5. The van der Waals surface area contributed by atoms with Crippen LogP contribution in [0, 0.1) is 5.92 Å².